The standard InChI is InChI=1S/C15H12BrFN2O2/c16-13-4-1-10(7-15(13)19(20)21)9-18-6-5-11-2-3-12(17)8-14(11)18/h1-4,7-8H,5-6,9H2. The second-order valence-electron chi connectivity index (χ2n) is 4.99. The van der Waals surface area contributed by atoms with Crippen LogP contribution in [0.4, 0.5) is 15.8 Å². The van der Waals surface area contributed by atoms with Crippen molar-refractivity contribution in [2.24, 2.45) is 0 Å². The number of anilines is 1. The number of hydrogen-bond acceptors (Lipinski definition) is 3. The Morgan fingerprint density at radius 1 is 1.29 bits per heavy atom. The highest BCUT2D eigenvalue weighted by molar-refractivity contribution is 9.10. The molecule has 0 radical (unpaired) electrons. The average Bonchev–Trinajstić information content (AvgIpc) is 2.83. The summed E-state index contributed by atoms with van der Waals surface area (Å²) in [5.74, 6) is -0.262. The Bertz CT molecular complexity index is 721. The number of hydrogen-bond donors (Lipinski definition) is 0. The summed E-state index contributed by atoms with van der Waals surface area (Å²) in [6, 6.07) is 9.86. The Balaban J connectivity index is 1.88. The molecular formula is C15H12BrFN2O2. The van der Waals surface area contributed by atoms with Crippen molar-refractivity contribution in [2.45, 2.75) is 13.0 Å². The van der Waals surface area contributed by atoms with Crippen LogP contribution in [0.5, 0.6) is 0 Å². The van der Waals surface area contributed by atoms with E-state index in [4.69, 9.17) is 0 Å². The molecule has 0 amide bonds. The van der Waals surface area contributed by atoms with Crippen molar-refractivity contribution in [1.29, 1.82) is 0 Å². The molecule has 6 heteroatoms. The smallest absolute Gasteiger partial charge is 0.283 e. The molecule has 108 valence electrons. The summed E-state index contributed by atoms with van der Waals surface area (Å²) in [6.07, 6.45) is 0.869. The lowest BCUT2D eigenvalue weighted by Gasteiger charge is -2.19. The second kappa shape index (κ2) is 5.44. The van der Waals surface area contributed by atoms with Crippen LogP contribution in [0.2, 0.25) is 0 Å². The van der Waals surface area contributed by atoms with E-state index in [1.165, 1.54) is 12.1 Å². The van der Waals surface area contributed by atoms with Gasteiger partial charge in [0.05, 0.1) is 9.40 Å². The van der Waals surface area contributed by atoms with Crippen molar-refractivity contribution >= 4 is 27.3 Å². The molecule has 21 heavy (non-hydrogen) atoms. The first-order valence-corrected chi connectivity index (χ1v) is 7.30. The van der Waals surface area contributed by atoms with Crippen LogP contribution in [-0.4, -0.2) is 11.5 Å². The fourth-order valence-corrected chi connectivity index (χ4v) is 2.99. The Hall–Kier alpha value is -1.95. The molecule has 0 N–H and O–H groups in total. The molecule has 1 aliphatic heterocycles. The topological polar surface area (TPSA) is 46.4 Å². The first kappa shape index (κ1) is 14.0. The van der Waals surface area contributed by atoms with Gasteiger partial charge in [-0.2, -0.15) is 0 Å². The average molecular weight is 351 g/mol. The molecule has 0 aliphatic carbocycles. The van der Waals surface area contributed by atoms with Crippen molar-refractivity contribution in [1.82, 2.24) is 0 Å². The summed E-state index contributed by atoms with van der Waals surface area (Å²) in [4.78, 5) is 12.6. The molecule has 1 aliphatic rings. The number of halogens is 2. The molecule has 4 nitrogen and oxygen atoms in total. The Labute approximate surface area is 129 Å². The van der Waals surface area contributed by atoms with Crippen LogP contribution in [0, 0.1) is 15.9 Å². The molecule has 0 atom stereocenters. The Kier molecular flexibility index (Phi) is 3.63. The molecule has 1 heterocycles. The van der Waals surface area contributed by atoms with Crippen LogP contribution < -0.4 is 4.90 Å². The minimum absolute atomic E-state index is 0.0474. The summed E-state index contributed by atoms with van der Waals surface area (Å²) >= 11 is 3.17. The van der Waals surface area contributed by atoms with Gasteiger partial charge >= 0.3 is 0 Å². The monoisotopic (exact) mass is 350 g/mol. The molecule has 0 fully saturated rings. The van der Waals surface area contributed by atoms with E-state index in [-0.39, 0.29) is 11.5 Å². The predicted octanol–water partition coefficient (Wildman–Crippen LogP) is 4.06. The van der Waals surface area contributed by atoms with Gasteiger partial charge in [-0.15, -0.1) is 0 Å². The number of benzene rings is 2. The van der Waals surface area contributed by atoms with Crippen LogP contribution in [-0.2, 0) is 13.0 Å². The van der Waals surface area contributed by atoms with Gasteiger partial charge in [0.25, 0.3) is 5.69 Å². The van der Waals surface area contributed by atoms with Crippen LogP contribution in [0.1, 0.15) is 11.1 Å². The highest BCUT2D eigenvalue weighted by Gasteiger charge is 2.21. The van der Waals surface area contributed by atoms with Crippen LogP contribution >= 0.6 is 15.9 Å². The number of nitrogens with zero attached hydrogens (tertiary/aromatic N) is 2. The van der Waals surface area contributed by atoms with Crippen molar-refractivity contribution in [3.63, 3.8) is 0 Å². The molecule has 0 spiro atoms. The normalized spacial score (nSPS) is 13.3. The van der Waals surface area contributed by atoms with Crippen molar-refractivity contribution in [3.8, 4) is 0 Å². The van der Waals surface area contributed by atoms with Crippen molar-refractivity contribution < 1.29 is 9.31 Å². The molecule has 0 unspecified atom stereocenters. The zero-order valence-electron chi connectivity index (χ0n) is 11.1. The maximum atomic E-state index is 13.4. The summed E-state index contributed by atoms with van der Waals surface area (Å²) < 4.78 is 13.8. The fourth-order valence-electron chi connectivity index (χ4n) is 2.60. The van der Waals surface area contributed by atoms with Gasteiger partial charge < -0.3 is 4.90 Å². The molecule has 3 rings (SSSR count). The van der Waals surface area contributed by atoms with Gasteiger partial charge in [0.2, 0.25) is 0 Å². The molecule has 2 aromatic carbocycles. The maximum Gasteiger partial charge on any atom is 0.283 e. The Morgan fingerprint density at radius 2 is 2.10 bits per heavy atom. The Morgan fingerprint density at radius 3 is 2.86 bits per heavy atom. The van der Waals surface area contributed by atoms with E-state index in [9.17, 15) is 14.5 Å². The van der Waals surface area contributed by atoms with Crippen molar-refractivity contribution in [2.75, 3.05) is 11.4 Å². The van der Waals surface area contributed by atoms with E-state index < -0.39 is 4.92 Å². The molecule has 2 aromatic rings. The maximum absolute atomic E-state index is 13.4. The van der Waals surface area contributed by atoms with Crippen LogP contribution in [0.15, 0.2) is 40.9 Å². The van der Waals surface area contributed by atoms with E-state index in [0.29, 0.717) is 11.0 Å². The quantitative estimate of drug-likeness (QED) is 0.619. The highest BCUT2D eigenvalue weighted by atomic mass is 79.9. The van der Waals surface area contributed by atoms with Gasteiger partial charge in [-0.05, 0) is 51.7 Å². The zero-order chi connectivity index (χ0) is 15.0. The van der Waals surface area contributed by atoms with E-state index in [1.807, 2.05) is 11.0 Å². The van der Waals surface area contributed by atoms with E-state index >= 15 is 0 Å². The lowest BCUT2D eigenvalue weighted by molar-refractivity contribution is -0.385. The third kappa shape index (κ3) is 2.76. The van der Waals surface area contributed by atoms with E-state index in [2.05, 4.69) is 15.9 Å². The molecule has 0 bridgehead atoms. The fraction of sp³-hybridized carbons (Fsp3) is 0.200. The molecule has 0 saturated heterocycles. The van der Waals surface area contributed by atoms with Crippen LogP contribution in [0.3, 0.4) is 0 Å². The van der Waals surface area contributed by atoms with Gasteiger partial charge in [-0.1, -0.05) is 12.1 Å². The number of nitro groups is 1. The van der Waals surface area contributed by atoms with Gasteiger partial charge in [-0.25, -0.2) is 4.39 Å². The number of fused-ring (bicyclic) bond motifs is 1. The third-order valence-corrected chi connectivity index (χ3v) is 4.29. The van der Waals surface area contributed by atoms with Gasteiger partial charge in [0.1, 0.15) is 5.82 Å². The molecule has 0 saturated carbocycles. The predicted molar refractivity (Wildman–Crippen MR) is 82.0 cm³/mol. The molecular weight excluding hydrogens is 339 g/mol. The van der Waals surface area contributed by atoms with Crippen LogP contribution in [0.25, 0.3) is 0 Å². The summed E-state index contributed by atoms with van der Waals surface area (Å²) in [6.45, 7) is 1.33. The first-order chi connectivity index (χ1) is 10.0. The zero-order valence-corrected chi connectivity index (χ0v) is 12.6. The van der Waals surface area contributed by atoms with Gasteiger partial charge in [-0.3, -0.25) is 10.1 Å². The SMILES string of the molecule is O=[N+]([O-])c1cc(CN2CCc3ccc(F)cc32)ccc1Br. The van der Waals surface area contributed by atoms with Gasteiger partial charge in [0.15, 0.2) is 0 Å². The van der Waals surface area contributed by atoms with Gasteiger partial charge in [0, 0.05) is 24.8 Å². The minimum atomic E-state index is -0.412. The van der Waals surface area contributed by atoms with Crippen molar-refractivity contribution in [3.05, 3.63) is 67.9 Å². The number of nitro benzene ring substituents is 1. The third-order valence-electron chi connectivity index (χ3n) is 3.62. The van der Waals surface area contributed by atoms with E-state index in [0.717, 1.165) is 29.8 Å². The largest absolute Gasteiger partial charge is 0.367 e. The van der Waals surface area contributed by atoms with E-state index in [1.54, 1.807) is 18.2 Å². The highest BCUT2D eigenvalue weighted by Crippen LogP contribution is 2.31. The minimum Gasteiger partial charge on any atom is -0.367 e. The summed E-state index contributed by atoms with van der Waals surface area (Å²) in [7, 11) is 0. The first-order valence-electron chi connectivity index (χ1n) is 6.51. The summed E-state index contributed by atoms with van der Waals surface area (Å²) in [5.41, 5.74) is 2.87. The number of rotatable bonds is 3. The lowest BCUT2D eigenvalue weighted by Crippen LogP contribution is -2.19. The second-order valence-corrected chi connectivity index (χ2v) is 5.84. The summed E-state index contributed by atoms with van der Waals surface area (Å²) in [5, 5.41) is 11.0. The lowest BCUT2D eigenvalue weighted by atomic mass is 10.1. The molecule has 0 aromatic heterocycles.